The van der Waals surface area contributed by atoms with Crippen molar-refractivity contribution in [2.45, 2.75) is 32.2 Å². The molecule has 1 aliphatic rings. The van der Waals surface area contributed by atoms with Crippen molar-refractivity contribution >= 4 is 5.91 Å². The lowest BCUT2D eigenvalue weighted by molar-refractivity contribution is 0.0904. The van der Waals surface area contributed by atoms with Gasteiger partial charge < -0.3 is 19.7 Å². The van der Waals surface area contributed by atoms with Crippen molar-refractivity contribution in [2.75, 3.05) is 33.4 Å². The summed E-state index contributed by atoms with van der Waals surface area (Å²) in [6.45, 7) is 6.82. The summed E-state index contributed by atoms with van der Waals surface area (Å²) >= 11 is 0. The Bertz CT molecular complexity index is 905. The maximum Gasteiger partial charge on any atom is 0.251 e. The molecule has 0 spiro atoms. The van der Waals surface area contributed by atoms with Crippen LogP contribution in [-0.4, -0.2) is 50.2 Å². The Hall–Kier alpha value is -3.04. The SMILES string of the molecule is CCOc1ccc(C2CN(C)CCC2NC(=O)c2ccc(C#N)cc2)cc1OCC. The van der Waals surface area contributed by atoms with Gasteiger partial charge in [-0.2, -0.15) is 5.26 Å². The lowest BCUT2D eigenvalue weighted by Crippen LogP contribution is -2.48. The minimum atomic E-state index is -0.116. The van der Waals surface area contributed by atoms with Gasteiger partial charge >= 0.3 is 0 Å². The third-order valence-corrected chi connectivity index (χ3v) is 5.40. The van der Waals surface area contributed by atoms with Gasteiger partial charge in [0, 0.05) is 24.1 Å². The number of nitriles is 1. The average molecular weight is 408 g/mol. The monoisotopic (exact) mass is 407 g/mol. The number of carbonyl (C=O) groups is 1. The standard InChI is InChI=1S/C24H29N3O3/c1-4-29-22-11-10-19(14-23(22)30-5-2)20-16-27(3)13-12-21(20)26-24(28)18-8-6-17(15-25)7-9-18/h6-11,14,20-21H,4-5,12-13,16H2,1-3H3,(H,26,28). The molecule has 30 heavy (non-hydrogen) atoms. The summed E-state index contributed by atoms with van der Waals surface area (Å²) in [6.07, 6.45) is 0.861. The summed E-state index contributed by atoms with van der Waals surface area (Å²) in [5, 5.41) is 12.2. The smallest absolute Gasteiger partial charge is 0.251 e. The van der Waals surface area contributed by atoms with Gasteiger partial charge in [-0.3, -0.25) is 4.79 Å². The largest absolute Gasteiger partial charge is 0.490 e. The molecule has 1 fully saturated rings. The van der Waals surface area contributed by atoms with Crippen LogP contribution in [0.3, 0.4) is 0 Å². The number of rotatable bonds is 7. The maximum absolute atomic E-state index is 12.8. The van der Waals surface area contributed by atoms with Crippen molar-refractivity contribution in [1.29, 1.82) is 5.26 Å². The van der Waals surface area contributed by atoms with Crippen LogP contribution in [0.5, 0.6) is 11.5 Å². The molecule has 1 amide bonds. The third-order valence-electron chi connectivity index (χ3n) is 5.40. The first-order valence-corrected chi connectivity index (χ1v) is 10.4. The molecule has 2 aromatic carbocycles. The van der Waals surface area contributed by atoms with E-state index in [1.54, 1.807) is 24.3 Å². The molecule has 2 unspecified atom stereocenters. The topological polar surface area (TPSA) is 74.6 Å². The van der Waals surface area contributed by atoms with Crippen LogP contribution < -0.4 is 14.8 Å². The quantitative estimate of drug-likeness (QED) is 0.759. The lowest BCUT2D eigenvalue weighted by atomic mass is 9.85. The highest BCUT2D eigenvalue weighted by Gasteiger charge is 2.31. The molecule has 1 heterocycles. The number of hydrogen-bond acceptors (Lipinski definition) is 5. The number of carbonyl (C=O) groups excluding carboxylic acids is 1. The van der Waals surface area contributed by atoms with E-state index in [9.17, 15) is 4.79 Å². The van der Waals surface area contributed by atoms with Crippen molar-refractivity contribution in [1.82, 2.24) is 10.2 Å². The van der Waals surface area contributed by atoms with Crippen LogP contribution in [-0.2, 0) is 0 Å². The molecule has 0 saturated carbocycles. The van der Waals surface area contributed by atoms with E-state index in [1.807, 2.05) is 26.0 Å². The van der Waals surface area contributed by atoms with Crippen LogP contribution in [0, 0.1) is 11.3 Å². The van der Waals surface area contributed by atoms with E-state index in [0.29, 0.717) is 24.3 Å². The van der Waals surface area contributed by atoms with Crippen molar-refractivity contribution < 1.29 is 14.3 Å². The average Bonchev–Trinajstić information content (AvgIpc) is 2.76. The van der Waals surface area contributed by atoms with E-state index in [4.69, 9.17) is 14.7 Å². The number of benzene rings is 2. The molecule has 0 bridgehead atoms. The summed E-state index contributed by atoms with van der Waals surface area (Å²) < 4.78 is 11.5. The molecule has 3 rings (SSSR count). The molecular weight excluding hydrogens is 378 g/mol. The highest BCUT2D eigenvalue weighted by Crippen LogP contribution is 2.34. The molecule has 6 heteroatoms. The van der Waals surface area contributed by atoms with Crippen molar-refractivity contribution in [2.24, 2.45) is 0 Å². The Morgan fingerprint density at radius 3 is 2.50 bits per heavy atom. The van der Waals surface area contributed by atoms with Crippen LogP contribution in [0.2, 0.25) is 0 Å². The fourth-order valence-electron chi connectivity index (χ4n) is 3.87. The number of ether oxygens (including phenoxy) is 2. The van der Waals surface area contributed by atoms with Crippen LogP contribution in [0.1, 0.15) is 47.7 Å². The Labute approximate surface area is 178 Å². The highest BCUT2D eigenvalue weighted by atomic mass is 16.5. The summed E-state index contributed by atoms with van der Waals surface area (Å²) in [6, 6.07) is 14.9. The van der Waals surface area contributed by atoms with Gasteiger partial charge in [-0.15, -0.1) is 0 Å². The van der Waals surface area contributed by atoms with Gasteiger partial charge in [0.05, 0.1) is 24.8 Å². The lowest BCUT2D eigenvalue weighted by Gasteiger charge is -2.37. The van der Waals surface area contributed by atoms with Crippen molar-refractivity contribution in [3.8, 4) is 17.6 Å². The Morgan fingerprint density at radius 2 is 1.83 bits per heavy atom. The maximum atomic E-state index is 12.8. The number of piperidine rings is 1. The number of nitrogens with zero attached hydrogens (tertiary/aromatic N) is 2. The zero-order valence-electron chi connectivity index (χ0n) is 17.9. The molecule has 6 nitrogen and oxygen atoms in total. The molecule has 0 radical (unpaired) electrons. The van der Waals surface area contributed by atoms with Gasteiger partial charge in [0.15, 0.2) is 11.5 Å². The summed E-state index contributed by atoms with van der Waals surface area (Å²) in [4.78, 5) is 15.1. The second-order valence-corrected chi connectivity index (χ2v) is 7.50. The Morgan fingerprint density at radius 1 is 1.13 bits per heavy atom. The van der Waals surface area contributed by atoms with Crippen molar-refractivity contribution in [3.05, 3.63) is 59.2 Å². The Kier molecular flexibility index (Phi) is 7.31. The molecule has 1 N–H and O–H groups in total. The molecule has 0 aromatic heterocycles. The van der Waals surface area contributed by atoms with Gasteiger partial charge in [0.1, 0.15) is 0 Å². The third kappa shape index (κ3) is 5.11. The van der Waals surface area contributed by atoms with Gasteiger partial charge in [-0.05, 0) is 75.8 Å². The van der Waals surface area contributed by atoms with E-state index in [0.717, 1.165) is 36.6 Å². The van der Waals surface area contributed by atoms with E-state index < -0.39 is 0 Å². The molecule has 2 atom stereocenters. The predicted octanol–water partition coefficient (Wildman–Crippen LogP) is 3.57. The minimum Gasteiger partial charge on any atom is -0.490 e. The van der Waals surface area contributed by atoms with Gasteiger partial charge in [0.25, 0.3) is 5.91 Å². The molecule has 2 aromatic rings. The molecule has 1 saturated heterocycles. The molecule has 0 aliphatic carbocycles. The van der Waals surface area contributed by atoms with Crippen LogP contribution in [0.15, 0.2) is 42.5 Å². The van der Waals surface area contributed by atoms with E-state index in [1.165, 1.54) is 0 Å². The number of nitrogens with one attached hydrogen (secondary N) is 1. The second kappa shape index (κ2) is 10.1. The first-order valence-electron chi connectivity index (χ1n) is 10.4. The Balaban J connectivity index is 1.82. The number of likely N-dealkylation sites (tertiary alicyclic amines) is 1. The predicted molar refractivity (Wildman–Crippen MR) is 116 cm³/mol. The van der Waals surface area contributed by atoms with Crippen LogP contribution >= 0.6 is 0 Å². The second-order valence-electron chi connectivity index (χ2n) is 7.50. The first-order chi connectivity index (χ1) is 14.5. The molecular formula is C24H29N3O3. The summed E-state index contributed by atoms with van der Waals surface area (Å²) in [5.41, 5.74) is 2.23. The van der Waals surface area contributed by atoms with E-state index in [-0.39, 0.29) is 17.9 Å². The number of amides is 1. The van der Waals surface area contributed by atoms with Gasteiger partial charge in [-0.25, -0.2) is 0 Å². The fourth-order valence-corrected chi connectivity index (χ4v) is 3.87. The van der Waals surface area contributed by atoms with Crippen LogP contribution in [0.4, 0.5) is 0 Å². The molecule has 1 aliphatic heterocycles. The first kappa shape index (κ1) is 21.7. The summed E-state index contributed by atoms with van der Waals surface area (Å²) in [7, 11) is 2.10. The minimum absolute atomic E-state index is 0.0109. The van der Waals surface area contributed by atoms with Gasteiger partial charge in [-0.1, -0.05) is 6.07 Å². The number of hydrogen-bond donors (Lipinski definition) is 1. The fraction of sp³-hybridized carbons (Fsp3) is 0.417. The zero-order valence-corrected chi connectivity index (χ0v) is 17.9. The van der Waals surface area contributed by atoms with Crippen molar-refractivity contribution in [3.63, 3.8) is 0 Å². The summed E-state index contributed by atoms with van der Waals surface area (Å²) in [5.74, 6) is 1.50. The van der Waals surface area contributed by atoms with Gasteiger partial charge in [0.2, 0.25) is 0 Å². The van der Waals surface area contributed by atoms with E-state index in [2.05, 4.69) is 29.4 Å². The van der Waals surface area contributed by atoms with E-state index >= 15 is 0 Å². The van der Waals surface area contributed by atoms with Crippen LogP contribution in [0.25, 0.3) is 0 Å². The zero-order chi connectivity index (χ0) is 21.5. The normalized spacial score (nSPS) is 19.0. The molecule has 158 valence electrons. The number of likely N-dealkylation sites (N-methyl/N-ethyl adjacent to an activating group) is 1. The highest BCUT2D eigenvalue weighted by molar-refractivity contribution is 5.94.